The van der Waals surface area contributed by atoms with Gasteiger partial charge >= 0.3 is 5.97 Å². The van der Waals surface area contributed by atoms with Gasteiger partial charge in [0.15, 0.2) is 11.6 Å². The number of aromatic nitrogens is 2. The van der Waals surface area contributed by atoms with E-state index in [1.807, 2.05) is 0 Å². The summed E-state index contributed by atoms with van der Waals surface area (Å²) in [6.45, 7) is 1.96. The summed E-state index contributed by atoms with van der Waals surface area (Å²) < 4.78 is 5.91. The first-order valence-electron chi connectivity index (χ1n) is 9.83. The highest BCUT2D eigenvalue weighted by Gasteiger charge is 2.16. The van der Waals surface area contributed by atoms with Gasteiger partial charge in [0.25, 0.3) is 0 Å². The van der Waals surface area contributed by atoms with Crippen molar-refractivity contribution in [3.63, 3.8) is 0 Å². The van der Waals surface area contributed by atoms with E-state index in [-0.39, 0.29) is 17.9 Å². The molecule has 0 saturated heterocycles. The number of nitrogens with zero attached hydrogens (tertiary/aromatic N) is 2. The maximum Gasteiger partial charge on any atom is 0.337 e. The molecule has 168 valence electrons. The number of furan rings is 1. The molecule has 5 N–H and O–H groups in total. The number of aromatic carboxylic acids is 1. The van der Waals surface area contributed by atoms with E-state index in [1.165, 1.54) is 6.07 Å². The Hall–Kier alpha value is -3.75. The zero-order valence-electron chi connectivity index (χ0n) is 17.4. The third-order valence-electron chi connectivity index (χ3n) is 4.75. The molecule has 4 aromatic rings. The number of carbonyl (C=O) groups is 1. The van der Waals surface area contributed by atoms with Crippen molar-refractivity contribution < 1.29 is 14.3 Å². The second kappa shape index (κ2) is 9.40. The van der Waals surface area contributed by atoms with Crippen LogP contribution < -0.4 is 16.4 Å². The van der Waals surface area contributed by atoms with Gasteiger partial charge in [-0.15, -0.1) is 0 Å². The third kappa shape index (κ3) is 5.02. The molecule has 0 unspecified atom stereocenters. The molecule has 2 heterocycles. The van der Waals surface area contributed by atoms with Crippen LogP contribution in [0.25, 0.3) is 11.3 Å². The van der Waals surface area contributed by atoms with Crippen LogP contribution in [0.4, 0.5) is 23.0 Å². The highest BCUT2D eigenvalue weighted by Crippen LogP contribution is 2.33. The van der Waals surface area contributed by atoms with Crippen molar-refractivity contribution in [2.24, 2.45) is 0 Å². The zero-order valence-corrected chi connectivity index (χ0v) is 18.9. The van der Waals surface area contributed by atoms with Gasteiger partial charge in [-0.25, -0.2) is 14.8 Å². The number of anilines is 4. The lowest BCUT2D eigenvalue weighted by molar-refractivity contribution is 0.0698. The highest BCUT2D eigenvalue weighted by atomic mass is 35.5. The Morgan fingerprint density at radius 1 is 1.12 bits per heavy atom. The lowest BCUT2D eigenvalue weighted by atomic mass is 10.2. The lowest BCUT2D eigenvalue weighted by Crippen LogP contribution is -2.11. The number of hydrogen-bond acceptors (Lipinski definition) is 7. The smallest absolute Gasteiger partial charge is 0.337 e. The third-order valence-corrected chi connectivity index (χ3v) is 5.32. The maximum absolute atomic E-state index is 11.6. The average Bonchev–Trinajstić information content (AvgIpc) is 3.24. The standard InChI is InChI=1S/C23H19Cl2N5O3/c1-12-28-21(26)20(22(29-12)30-18-5-3-2-4-15(18)23(31)32)27-11-14-7-9-19(33-14)16-10-13(24)6-8-17(16)25/h2-10,27H,11H2,1H3,(H,31,32)(H3,26,28,29,30). The molecule has 0 bridgehead atoms. The van der Waals surface area contributed by atoms with Gasteiger partial charge in [0, 0.05) is 10.6 Å². The highest BCUT2D eigenvalue weighted by molar-refractivity contribution is 6.35. The fourth-order valence-corrected chi connectivity index (χ4v) is 3.63. The molecule has 0 aliphatic heterocycles. The van der Waals surface area contributed by atoms with Gasteiger partial charge in [0.2, 0.25) is 0 Å². The predicted octanol–water partition coefficient (Wildman–Crippen LogP) is 5.99. The van der Waals surface area contributed by atoms with E-state index in [9.17, 15) is 9.90 Å². The van der Waals surface area contributed by atoms with Gasteiger partial charge in [-0.2, -0.15) is 0 Å². The molecule has 0 fully saturated rings. The fourth-order valence-electron chi connectivity index (χ4n) is 3.24. The van der Waals surface area contributed by atoms with Crippen LogP contribution in [-0.4, -0.2) is 21.0 Å². The SMILES string of the molecule is Cc1nc(N)c(NCc2ccc(-c3cc(Cl)ccc3Cl)o2)c(Nc2ccccc2C(=O)O)n1. The Morgan fingerprint density at radius 2 is 1.91 bits per heavy atom. The lowest BCUT2D eigenvalue weighted by Gasteiger charge is -2.16. The van der Waals surface area contributed by atoms with Crippen molar-refractivity contribution in [3.8, 4) is 11.3 Å². The van der Waals surface area contributed by atoms with Crippen LogP contribution in [-0.2, 0) is 6.54 Å². The second-order valence-electron chi connectivity index (χ2n) is 7.10. The minimum atomic E-state index is -1.06. The summed E-state index contributed by atoms with van der Waals surface area (Å²) in [6, 6.07) is 15.3. The molecule has 0 radical (unpaired) electrons. The molecule has 2 aromatic carbocycles. The summed E-state index contributed by atoms with van der Waals surface area (Å²) in [4.78, 5) is 20.2. The minimum absolute atomic E-state index is 0.104. The van der Waals surface area contributed by atoms with E-state index in [1.54, 1.807) is 55.5 Å². The molecule has 2 aromatic heterocycles. The Bertz CT molecular complexity index is 1340. The van der Waals surface area contributed by atoms with Crippen LogP contribution in [0.2, 0.25) is 10.0 Å². The Kier molecular flexibility index (Phi) is 6.39. The van der Waals surface area contributed by atoms with Crippen LogP contribution in [0.15, 0.2) is 59.0 Å². The van der Waals surface area contributed by atoms with Crippen LogP contribution in [0.1, 0.15) is 21.9 Å². The van der Waals surface area contributed by atoms with Crippen LogP contribution in [0, 0.1) is 6.92 Å². The number of nitrogens with two attached hydrogens (primary N) is 1. The number of aryl methyl sites for hydroxylation is 1. The summed E-state index contributed by atoms with van der Waals surface area (Å²) in [5, 5.41) is 16.8. The van der Waals surface area contributed by atoms with Crippen molar-refractivity contribution >= 4 is 52.2 Å². The average molecular weight is 484 g/mol. The van der Waals surface area contributed by atoms with Gasteiger partial charge in [-0.05, 0) is 49.4 Å². The van der Waals surface area contributed by atoms with Crippen molar-refractivity contribution in [3.05, 3.63) is 81.8 Å². The zero-order chi connectivity index (χ0) is 23.5. The quantitative estimate of drug-likeness (QED) is 0.252. The summed E-state index contributed by atoms with van der Waals surface area (Å²) in [6.07, 6.45) is 0. The minimum Gasteiger partial charge on any atom is -0.478 e. The number of nitrogen functional groups attached to an aromatic ring is 1. The topological polar surface area (TPSA) is 126 Å². The molecule has 0 saturated carbocycles. The first-order valence-corrected chi connectivity index (χ1v) is 10.6. The van der Waals surface area contributed by atoms with Gasteiger partial charge in [0.1, 0.15) is 23.0 Å². The van der Waals surface area contributed by atoms with Crippen molar-refractivity contribution in [1.29, 1.82) is 0 Å². The molecular formula is C23H19Cl2N5O3. The summed E-state index contributed by atoms with van der Waals surface area (Å²) in [5.74, 6) is 1.11. The van der Waals surface area contributed by atoms with Crippen LogP contribution >= 0.6 is 23.2 Å². The van der Waals surface area contributed by atoms with Gasteiger partial charge in [-0.1, -0.05) is 35.3 Å². The van der Waals surface area contributed by atoms with E-state index < -0.39 is 5.97 Å². The van der Waals surface area contributed by atoms with E-state index in [2.05, 4.69) is 20.6 Å². The Labute approximate surface area is 199 Å². The molecule has 0 amide bonds. The molecule has 33 heavy (non-hydrogen) atoms. The molecule has 10 heteroatoms. The van der Waals surface area contributed by atoms with Gasteiger partial charge < -0.3 is 25.9 Å². The number of nitrogens with one attached hydrogen (secondary N) is 2. The number of rotatable bonds is 7. The number of halogens is 2. The molecule has 0 aliphatic rings. The Balaban J connectivity index is 1.59. The first kappa shape index (κ1) is 22.4. The van der Waals surface area contributed by atoms with E-state index in [0.717, 1.165) is 0 Å². The fraction of sp³-hybridized carbons (Fsp3) is 0.0870. The Morgan fingerprint density at radius 3 is 2.70 bits per heavy atom. The maximum atomic E-state index is 11.6. The number of benzene rings is 2. The van der Waals surface area contributed by atoms with E-state index in [4.69, 9.17) is 33.4 Å². The molecule has 8 nitrogen and oxygen atoms in total. The number of hydrogen-bond donors (Lipinski definition) is 4. The number of carboxylic acid groups (broad SMARTS) is 1. The summed E-state index contributed by atoms with van der Waals surface area (Å²) >= 11 is 12.3. The first-order chi connectivity index (χ1) is 15.8. The summed E-state index contributed by atoms with van der Waals surface area (Å²) in [7, 11) is 0. The molecule has 4 rings (SSSR count). The predicted molar refractivity (Wildman–Crippen MR) is 129 cm³/mol. The number of carboxylic acids is 1. The van der Waals surface area contributed by atoms with Crippen LogP contribution in [0.3, 0.4) is 0 Å². The van der Waals surface area contributed by atoms with Gasteiger partial charge in [-0.3, -0.25) is 0 Å². The van der Waals surface area contributed by atoms with Crippen molar-refractivity contribution in [2.45, 2.75) is 13.5 Å². The van der Waals surface area contributed by atoms with Gasteiger partial charge in [0.05, 0.1) is 22.8 Å². The monoisotopic (exact) mass is 483 g/mol. The van der Waals surface area contributed by atoms with Crippen LogP contribution in [0.5, 0.6) is 0 Å². The normalized spacial score (nSPS) is 10.8. The van der Waals surface area contributed by atoms with E-state index in [0.29, 0.717) is 50.1 Å². The van der Waals surface area contributed by atoms with E-state index >= 15 is 0 Å². The largest absolute Gasteiger partial charge is 0.478 e. The molecule has 0 spiro atoms. The molecular weight excluding hydrogens is 465 g/mol. The molecule has 0 atom stereocenters. The molecule has 0 aliphatic carbocycles. The second-order valence-corrected chi connectivity index (χ2v) is 7.94. The number of para-hydroxylation sites is 1. The van der Waals surface area contributed by atoms with Crippen molar-refractivity contribution in [2.75, 3.05) is 16.4 Å². The summed E-state index contributed by atoms with van der Waals surface area (Å²) in [5.41, 5.74) is 7.72. The van der Waals surface area contributed by atoms with Crippen molar-refractivity contribution in [1.82, 2.24) is 9.97 Å².